The van der Waals surface area contributed by atoms with Crippen molar-refractivity contribution in [1.29, 1.82) is 0 Å². The lowest BCUT2D eigenvalue weighted by molar-refractivity contribution is 0.0883. The second-order valence-electron chi connectivity index (χ2n) is 7.58. The highest BCUT2D eigenvalue weighted by atomic mass is 79.9. The molecule has 0 bridgehead atoms. The van der Waals surface area contributed by atoms with Crippen LogP contribution in [0.5, 0.6) is 5.75 Å². The number of halogens is 1. The molecule has 1 aliphatic rings. The van der Waals surface area contributed by atoms with Crippen molar-refractivity contribution in [1.82, 2.24) is 0 Å². The van der Waals surface area contributed by atoms with Crippen molar-refractivity contribution >= 4 is 26.7 Å². The number of hydrogen-bond donors (Lipinski definition) is 0. The molecule has 3 rings (SSSR count). The Hall–Kier alpha value is -1.02. The van der Waals surface area contributed by atoms with Crippen LogP contribution >= 0.6 is 15.9 Å². The largest absolute Gasteiger partial charge is 0.490 e. The molecule has 0 atom stereocenters. The van der Waals surface area contributed by atoms with E-state index in [-0.39, 0.29) is 0 Å². The van der Waals surface area contributed by atoms with Gasteiger partial charge in [0.2, 0.25) is 0 Å². The van der Waals surface area contributed by atoms with Gasteiger partial charge >= 0.3 is 0 Å². The summed E-state index contributed by atoms with van der Waals surface area (Å²) in [6.45, 7) is 7.08. The molecule has 0 amide bonds. The van der Waals surface area contributed by atoms with E-state index >= 15 is 0 Å². The molecule has 0 unspecified atom stereocenters. The van der Waals surface area contributed by atoms with Crippen LogP contribution in [0.1, 0.15) is 46.5 Å². The summed E-state index contributed by atoms with van der Waals surface area (Å²) in [6.07, 6.45) is 5.31. The molecule has 0 N–H and O–H groups in total. The van der Waals surface area contributed by atoms with Crippen LogP contribution in [0.25, 0.3) is 10.8 Å². The van der Waals surface area contributed by atoms with Crippen LogP contribution in [0.2, 0.25) is 0 Å². The summed E-state index contributed by atoms with van der Waals surface area (Å²) in [4.78, 5) is 0. The van der Waals surface area contributed by atoms with E-state index in [9.17, 15) is 0 Å². The third kappa shape index (κ3) is 3.48. The van der Waals surface area contributed by atoms with Crippen LogP contribution in [0.4, 0.5) is 0 Å². The maximum Gasteiger partial charge on any atom is 0.120 e. The quantitative estimate of drug-likeness (QED) is 0.587. The van der Waals surface area contributed by atoms with Crippen LogP contribution in [0.3, 0.4) is 0 Å². The summed E-state index contributed by atoms with van der Waals surface area (Å²) in [7, 11) is 0. The van der Waals surface area contributed by atoms with Crippen molar-refractivity contribution in [3.05, 3.63) is 40.9 Å². The zero-order valence-corrected chi connectivity index (χ0v) is 15.3. The van der Waals surface area contributed by atoms with E-state index in [1.165, 1.54) is 36.5 Å². The highest BCUT2D eigenvalue weighted by Crippen LogP contribution is 2.39. The number of fused-ring (bicyclic) bond motifs is 1. The van der Waals surface area contributed by atoms with Crippen molar-refractivity contribution < 1.29 is 4.74 Å². The van der Waals surface area contributed by atoms with Gasteiger partial charge in [0.05, 0.1) is 6.10 Å². The van der Waals surface area contributed by atoms with Gasteiger partial charge in [-0.1, -0.05) is 48.8 Å². The first kappa shape index (κ1) is 15.9. The topological polar surface area (TPSA) is 9.23 Å². The molecule has 2 aromatic rings. The fourth-order valence-electron chi connectivity index (χ4n) is 3.53. The minimum Gasteiger partial charge on any atom is -0.490 e. The van der Waals surface area contributed by atoms with Crippen LogP contribution in [0.15, 0.2) is 40.9 Å². The summed E-state index contributed by atoms with van der Waals surface area (Å²) in [6, 6.07) is 12.7. The molecule has 0 saturated heterocycles. The molecule has 0 heterocycles. The Balaban J connectivity index is 1.67. The Bertz CT molecular complexity index is 648. The van der Waals surface area contributed by atoms with Crippen molar-refractivity contribution in [3.63, 3.8) is 0 Å². The maximum absolute atomic E-state index is 6.25. The molecule has 118 valence electrons. The summed E-state index contributed by atoms with van der Waals surface area (Å²) >= 11 is 3.60. The lowest BCUT2D eigenvalue weighted by Gasteiger charge is -2.37. The summed E-state index contributed by atoms with van der Waals surface area (Å²) in [5.74, 6) is 1.84. The highest BCUT2D eigenvalue weighted by molar-refractivity contribution is 9.10. The molecule has 0 aromatic heterocycles. The second-order valence-corrected chi connectivity index (χ2v) is 8.43. The predicted octanol–water partition coefficient (Wildman–Crippen LogP) is 6.59. The Kier molecular flexibility index (Phi) is 4.49. The number of rotatable bonds is 2. The molecule has 22 heavy (non-hydrogen) atoms. The molecule has 1 fully saturated rings. The Labute approximate surface area is 142 Å². The van der Waals surface area contributed by atoms with E-state index < -0.39 is 0 Å². The third-order valence-electron chi connectivity index (χ3n) is 5.00. The lowest BCUT2D eigenvalue weighted by atomic mass is 9.72. The molecule has 2 aromatic carbocycles. The van der Waals surface area contributed by atoms with E-state index in [1.54, 1.807) is 0 Å². The minimum absolute atomic E-state index is 0.378. The summed E-state index contributed by atoms with van der Waals surface area (Å²) in [5.41, 5.74) is 0.431. The average Bonchev–Trinajstić information content (AvgIpc) is 2.47. The van der Waals surface area contributed by atoms with Gasteiger partial charge in [-0.3, -0.25) is 0 Å². The predicted molar refractivity (Wildman–Crippen MR) is 97.5 cm³/mol. The van der Waals surface area contributed by atoms with E-state index in [0.29, 0.717) is 11.5 Å². The number of benzene rings is 2. The van der Waals surface area contributed by atoms with Crippen LogP contribution in [0, 0.1) is 11.3 Å². The van der Waals surface area contributed by atoms with E-state index in [1.807, 2.05) is 0 Å². The lowest BCUT2D eigenvalue weighted by Crippen LogP contribution is -2.30. The zero-order chi connectivity index (χ0) is 15.7. The van der Waals surface area contributed by atoms with E-state index in [0.717, 1.165) is 16.1 Å². The Morgan fingerprint density at radius 2 is 1.73 bits per heavy atom. The van der Waals surface area contributed by atoms with Gasteiger partial charge in [0, 0.05) is 4.47 Å². The number of hydrogen-bond acceptors (Lipinski definition) is 1. The second kappa shape index (κ2) is 6.23. The highest BCUT2D eigenvalue weighted by Gasteiger charge is 2.30. The van der Waals surface area contributed by atoms with E-state index in [4.69, 9.17) is 4.74 Å². The van der Waals surface area contributed by atoms with Gasteiger partial charge in [0.15, 0.2) is 0 Å². The molecule has 1 saturated carbocycles. The minimum atomic E-state index is 0.378. The van der Waals surface area contributed by atoms with Crippen molar-refractivity contribution in [2.24, 2.45) is 11.3 Å². The molecule has 1 aliphatic carbocycles. The molecular formula is C20H25BrO. The van der Waals surface area contributed by atoms with Gasteiger partial charge in [-0.05, 0) is 72.1 Å². The van der Waals surface area contributed by atoms with Crippen LogP contribution in [-0.4, -0.2) is 6.10 Å². The normalized spacial score (nSPS) is 22.7. The smallest absolute Gasteiger partial charge is 0.120 e. The van der Waals surface area contributed by atoms with Crippen molar-refractivity contribution in [3.8, 4) is 5.75 Å². The van der Waals surface area contributed by atoms with Gasteiger partial charge in [-0.2, -0.15) is 0 Å². The maximum atomic E-state index is 6.25. The SMILES string of the molecule is CC(C)(C)C1CCC(Oc2ccc3c(Br)cccc3c2)CC1. The fraction of sp³-hybridized carbons (Fsp3) is 0.500. The van der Waals surface area contributed by atoms with Gasteiger partial charge < -0.3 is 4.74 Å². The summed E-state index contributed by atoms with van der Waals surface area (Å²) in [5, 5.41) is 2.47. The van der Waals surface area contributed by atoms with Gasteiger partial charge in [-0.15, -0.1) is 0 Å². The van der Waals surface area contributed by atoms with Gasteiger partial charge in [-0.25, -0.2) is 0 Å². The van der Waals surface area contributed by atoms with E-state index in [2.05, 4.69) is 73.1 Å². The molecular weight excluding hydrogens is 336 g/mol. The average molecular weight is 361 g/mol. The zero-order valence-electron chi connectivity index (χ0n) is 13.7. The number of ether oxygens (including phenoxy) is 1. The van der Waals surface area contributed by atoms with Crippen LogP contribution in [-0.2, 0) is 0 Å². The Morgan fingerprint density at radius 1 is 1.00 bits per heavy atom. The fourth-order valence-corrected chi connectivity index (χ4v) is 4.05. The van der Waals surface area contributed by atoms with Gasteiger partial charge in [0.25, 0.3) is 0 Å². The van der Waals surface area contributed by atoms with Gasteiger partial charge in [0.1, 0.15) is 5.75 Å². The first-order valence-corrected chi connectivity index (χ1v) is 9.08. The standard InChI is InChI=1S/C20H25BrO/c1-20(2,3)15-7-9-16(10-8-15)22-17-11-12-18-14(13-17)5-4-6-19(18)21/h4-6,11-13,15-16H,7-10H2,1-3H3. The summed E-state index contributed by atoms with van der Waals surface area (Å²) < 4.78 is 7.39. The molecule has 2 heteroatoms. The first-order valence-electron chi connectivity index (χ1n) is 8.28. The molecule has 0 aliphatic heterocycles. The van der Waals surface area contributed by atoms with Crippen molar-refractivity contribution in [2.75, 3.05) is 0 Å². The third-order valence-corrected chi connectivity index (χ3v) is 5.69. The Morgan fingerprint density at radius 3 is 2.41 bits per heavy atom. The molecule has 0 radical (unpaired) electrons. The van der Waals surface area contributed by atoms with Crippen molar-refractivity contribution in [2.45, 2.75) is 52.6 Å². The monoisotopic (exact) mass is 360 g/mol. The first-order chi connectivity index (χ1) is 10.4. The van der Waals surface area contributed by atoms with Crippen LogP contribution < -0.4 is 4.74 Å². The molecule has 0 spiro atoms. The molecule has 1 nitrogen and oxygen atoms in total.